The maximum absolute atomic E-state index is 13.2. The van der Waals surface area contributed by atoms with Crippen LogP contribution in [-0.4, -0.2) is 36.1 Å². The lowest BCUT2D eigenvalue weighted by Gasteiger charge is -2.26. The van der Waals surface area contributed by atoms with Crippen LogP contribution in [0.25, 0.3) is 5.76 Å². The minimum Gasteiger partial charge on any atom is -0.507 e. The largest absolute Gasteiger partial charge is 0.507 e. The second-order valence-corrected chi connectivity index (χ2v) is 8.22. The van der Waals surface area contributed by atoms with Crippen molar-refractivity contribution in [2.45, 2.75) is 6.04 Å². The summed E-state index contributed by atoms with van der Waals surface area (Å²) in [5.74, 6) is -1.72. The maximum atomic E-state index is 13.2. The third-order valence-corrected chi connectivity index (χ3v) is 6.05. The first-order chi connectivity index (χ1) is 16.3. The quantitative estimate of drug-likeness (QED) is 0.279. The first-order valence-electron chi connectivity index (χ1n) is 10.0. The van der Waals surface area contributed by atoms with E-state index in [1.807, 2.05) is 0 Å². The Labute approximate surface area is 205 Å². The van der Waals surface area contributed by atoms with Crippen LogP contribution in [0.15, 0.2) is 66.2 Å². The highest BCUT2D eigenvalue weighted by Crippen LogP contribution is 2.45. The summed E-state index contributed by atoms with van der Waals surface area (Å²) in [5.41, 5.74) is 0.575. The highest BCUT2D eigenvalue weighted by molar-refractivity contribution is 6.52. The van der Waals surface area contributed by atoms with E-state index >= 15 is 0 Å². The first-order valence-corrected chi connectivity index (χ1v) is 10.8. The van der Waals surface area contributed by atoms with Gasteiger partial charge in [-0.25, -0.2) is 0 Å². The summed E-state index contributed by atoms with van der Waals surface area (Å²) in [6.07, 6.45) is 0. The van der Waals surface area contributed by atoms with Crippen LogP contribution in [0.3, 0.4) is 0 Å². The Morgan fingerprint density at radius 1 is 0.941 bits per heavy atom. The number of aromatic hydroxyl groups is 1. The van der Waals surface area contributed by atoms with Gasteiger partial charge in [0.1, 0.15) is 17.3 Å². The van der Waals surface area contributed by atoms with E-state index in [1.54, 1.807) is 36.4 Å². The van der Waals surface area contributed by atoms with Crippen molar-refractivity contribution >= 4 is 46.3 Å². The smallest absolute Gasteiger partial charge is 0.300 e. The summed E-state index contributed by atoms with van der Waals surface area (Å²) in [5, 5.41) is 21.9. The number of phenolic OH excluding ortho intramolecular Hbond substituents is 1. The second-order valence-electron chi connectivity index (χ2n) is 7.40. The number of hydrogen-bond donors (Lipinski definition) is 2. The molecule has 1 aliphatic rings. The lowest BCUT2D eigenvalue weighted by Crippen LogP contribution is -2.29. The Bertz CT molecular complexity index is 1300. The van der Waals surface area contributed by atoms with Gasteiger partial charge >= 0.3 is 0 Å². The van der Waals surface area contributed by atoms with Gasteiger partial charge in [0.05, 0.1) is 41.6 Å². The van der Waals surface area contributed by atoms with Crippen LogP contribution in [0.2, 0.25) is 10.0 Å². The number of hydrogen-bond acceptors (Lipinski definition) is 6. The SMILES string of the molecule is COc1ccc(C2/C(=C(\O)c3cc(Cl)c(OC)c(Cl)c3)C(=O)C(=O)N2c2ccccc2O)cc1. The van der Waals surface area contributed by atoms with E-state index < -0.39 is 23.5 Å². The van der Waals surface area contributed by atoms with Crippen LogP contribution in [0, 0.1) is 0 Å². The molecular formula is C25H19Cl2NO6. The monoisotopic (exact) mass is 499 g/mol. The number of carbonyl (C=O) groups is 2. The number of benzene rings is 3. The highest BCUT2D eigenvalue weighted by Gasteiger charge is 2.47. The Morgan fingerprint density at radius 3 is 2.12 bits per heavy atom. The highest BCUT2D eigenvalue weighted by atomic mass is 35.5. The average molecular weight is 500 g/mol. The minimum absolute atomic E-state index is 0.118. The fraction of sp³-hybridized carbons (Fsp3) is 0.120. The molecule has 0 radical (unpaired) electrons. The molecule has 2 N–H and O–H groups in total. The number of amides is 1. The first kappa shape index (κ1) is 23.5. The molecular weight excluding hydrogens is 481 g/mol. The van der Waals surface area contributed by atoms with Crippen molar-refractivity contribution in [3.05, 3.63) is 87.4 Å². The van der Waals surface area contributed by atoms with Gasteiger partial charge < -0.3 is 19.7 Å². The third-order valence-electron chi connectivity index (χ3n) is 5.49. The van der Waals surface area contributed by atoms with Crippen molar-refractivity contribution in [1.82, 2.24) is 0 Å². The predicted octanol–water partition coefficient (Wildman–Crippen LogP) is 5.34. The van der Waals surface area contributed by atoms with Gasteiger partial charge in [-0.05, 0) is 42.0 Å². The number of aliphatic hydroxyl groups excluding tert-OH is 1. The van der Waals surface area contributed by atoms with Crippen molar-refractivity contribution in [2.75, 3.05) is 19.1 Å². The molecule has 1 aliphatic heterocycles. The molecule has 0 bridgehead atoms. The van der Waals surface area contributed by atoms with E-state index in [0.29, 0.717) is 11.3 Å². The summed E-state index contributed by atoms with van der Waals surface area (Å²) in [4.78, 5) is 27.5. The lowest BCUT2D eigenvalue weighted by molar-refractivity contribution is -0.132. The molecule has 4 rings (SSSR count). The van der Waals surface area contributed by atoms with Gasteiger partial charge in [0.15, 0.2) is 5.75 Å². The number of aliphatic hydroxyl groups is 1. The van der Waals surface area contributed by atoms with Crippen molar-refractivity contribution in [1.29, 1.82) is 0 Å². The summed E-state index contributed by atoms with van der Waals surface area (Å²) in [6, 6.07) is 14.6. The molecule has 1 saturated heterocycles. The Kier molecular flexibility index (Phi) is 6.41. The van der Waals surface area contributed by atoms with Crippen molar-refractivity contribution in [2.24, 2.45) is 0 Å². The van der Waals surface area contributed by atoms with Crippen LogP contribution < -0.4 is 14.4 Å². The van der Waals surface area contributed by atoms with Crippen LogP contribution in [0.5, 0.6) is 17.2 Å². The van der Waals surface area contributed by atoms with Crippen LogP contribution in [-0.2, 0) is 9.59 Å². The summed E-state index contributed by atoms with van der Waals surface area (Å²) >= 11 is 12.5. The van der Waals surface area contributed by atoms with Crippen molar-refractivity contribution in [3.8, 4) is 17.2 Å². The molecule has 0 spiro atoms. The minimum atomic E-state index is -1.04. The molecule has 1 heterocycles. The van der Waals surface area contributed by atoms with Gasteiger partial charge in [-0.3, -0.25) is 14.5 Å². The zero-order chi connectivity index (χ0) is 24.6. The number of anilines is 1. The maximum Gasteiger partial charge on any atom is 0.300 e. The summed E-state index contributed by atoms with van der Waals surface area (Å²) < 4.78 is 10.4. The number of ketones is 1. The Hall–Kier alpha value is -3.68. The fourth-order valence-corrected chi connectivity index (χ4v) is 4.54. The van der Waals surface area contributed by atoms with Crippen molar-refractivity contribution in [3.63, 3.8) is 0 Å². The molecule has 3 aromatic carbocycles. The average Bonchev–Trinajstić information content (AvgIpc) is 3.09. The zero-order valence-electron chi connectivity index (χ0n) is 18.1. The van der Waals surface area contributed by atoms with Gasteiger partial charge in [-0.2, -0.15) is 0 Å². The molecule has 34 heavy (non-hydrogen) atoms. The van der Waals surface area contributed by atoms with Crippen LogP contribution in [0.4, 0.5) is 5.69 Å². The number of halogens is 2. The molecule has 1 fully saturated rings. The molecule has 1 amide bonds. The predicted molar refractivity (Wildman–Crippen MR) is 129 cm³/mol. The second kappa shape index (κ2) is 9.29. The van der Waals surface area contributed by atoms with Gasteiger partial charge in [0.25, 0.3) is 11.7 Å². The van der Waals surface area contributed by atoms with E-state index in [1.165, 1.54) is 38.5 Å². The third kappa shape index (κ3) is 3.93. The fourth-order valence-electron chi connectivity index (χ4n) is 3.90. The van der Waals surface area contributed by atoms with E-state index in [4.69, 9.17) is 32.7 Å². The lowest BCUT2D eigenvalue weighted by atomic mass is 9.95. The van der Waals surface area contributed by atoms with Gasteiger partial charge in [0.2, 0.25) is 0 Å². The molecule has 1 atom stereocenters. The number of Topliss-reactive ketones (excluding diaryl/α,β-unsaturated/α-hetero) is 1. The number of phenols is 1. The molecule has 0 saturated carbocycles. The normalized spacial score (nSPS) is 17.2. The summed E-state index contributed by atoms with van der Waals surface area (Å²) in [6.45, 7) is 0. The summed E-state index contributed by atoms with van der Waals surface area (Å²) in [7, 11) is 2.91. The van der Waals surface area contributed by atoms with E-state index in [9.17, 15) is 19.8 Å². The molecule has 7 nitrogen and oxygen atoms in total. The van der Waals surface area contributed by atoms with Gasteiger partial charge in [0, 0.05) is 5.56 Å². The standard InChI is InChI=1S/C25H19Cl2NO6/c1-33-15-9-7-13(8-10-15)21-20(22(30)14-11-16(26)24(34-2)17(27)12-14)23(31)25(32)28(21)18-5-3-4-6-19(18)29/h3-12,21,29-30H,1-2H3/b22-20+. The van der Waals surface area contributed by atoms with E-state index in [0.717, 1.165) is 4.90 Å². The Balaban J connectivity index is 1.97. The van der Waals surface area contributed by atoms with Gasteiger partial charge in [-0.1, -0.05) is 47.5 Å². The Morgan fingerprint density at radius 2 is 1.56 bits per heavy atom. The molecule has 0 aromatic heterocycles. The van der Waals surface area contributed by atoms with Crippen molar-refractivity contribution < 1.29 is 29.3 Å². The van der Waals surface area contributed by atoms with E-state index in [-0.39, 0.29) is 38.4 Å². The number of para-hydroxylation sites is 2. The van der Waals surface area contributed by atoms with E-state index in [2.05, 4.69) is 0 Å². The zero-order valence-corrected chi connectivity index (χ0v) is 19.6. The number of ether oxygens (including phenoxy) is 2. The van der Waals surface area contributed by atoms with Gasteiger partial charge in [-0.15, -0.1) is 0 Å². The van der Waals surface area contributed by atoms with Crippen LogP contribution in [0.1, 0.15) is 17.2 Å². The number of rotatable bonds is 5. The number of nitrogens with zero attached hydrogens (tertiary/aromatic N) is 1. The molecule has 9 heteroatoms. The molecule has 174 valence electrons. The number of methoxy groups -OCH3 is 2. The molecule has 3 aromatic rings. The molecule has 1 unspecified atom stereocenters. The molecule has 0 aliphatic carbocycles. The topological polar surface area (TPSA) is 96.3 Å². The van der Waals surface area contributed by atoms with Crippen LogP contribution >= 0.6 is 23.2 Å². The number of carbonyl (C=O) groups excluding carboxylic acids is 2.